The molecule has 0 aliphatic heterocycles. The van der Waals surface area contributed by atoms with Crippen molar-refractivity contribution < 1.29 is 0 Å². The van der Waals surface area contributed by atoms with Crippen LogP contribution in [0.25, 0.3) is 0 Å². The van der Waals surface area contributed by atoms with Crippen molar-refractivity contribution in [3.05, 3.63) is 69.2 Å². The molecule has 0 saturated heterocycles. The lowest BCUT2D eigenvalue weighted by Crippen LogP contribution is -2.20. The van der Waals surface area contributed by atoms with Crippen LogP contribution in [-0.4, -0.2) is 0 Å². The molecular formula is C17H19Cl2N. The fourth-order valence-electron chi connectivity index (χ4n) is 2.21. The lowest BCUT2D eigenvalue weighted by Gasteiger charge is -2.18. The number of rotatable bonds is 5. The molecule has 0 heterocycles. The van der Waals surface area contributed by atoms with Crippen molar-refractivity contribution in [1.82, 2.24) is 5.32 Å². The molecule has 0 saturated carbocycles. The molecular weight excluding hydrogens is 289 g/mol. The monoisotopic (exact) mass is 307 g/mol. The minimum absolute atomic E-state index is 0.325. The molecule has 0 spiro atoms. The van der Waals surface area contributed by atoms with Gasteiger partial charge in [-0.15, -0.1) is 0 Å². The van der Waals surface area contributed by atoms with Crippen LogP contribution in [0.1, 0.15) is 36.1 Å². The first-order valence-corrected chi connectivity index (χ1v) is 7.60. The molecule has 1 unspecified atom stereocenters. The Balaban J connectivity index is 2.07. The first-order chi connectivity index (χ1) is 9.61. The van der Waals surface area contributed by atoms with E-state index in [1.54, 1.807) is 0 Å². The van der Waals surface area contributed by atoms with Gasteiger partial charge in [0.05, 0.1) is 10.0 Å². The third-order valence-corrected chi connectivity index (χ3v) is 4.32. The van der Waals surface area contributed by atoms with E-state index in [0.29, 0.717) is 22.6 Å². The molecule has 2 aromatic carbocycles. The minimum atomic E-state index is 0.325. The van der Waals surface area contributed by atoms with Crippen molar-refractivity contribution in [3.63, 3.8) is 0 Å². The third-order valence-electron chi connectivity index (χ3n) is 3.46. The summed E-state index contributed by atoms with van der Waals surface area (Å²) in [6.07, 6.45) is 1.03. The molecule has 20 heavy (non-hydrogen) atoms. The van der Waals surface area contributed by atoms with E-state index in [9.17, 15) is 0 Å². The van der Waals surface area contributed by atoms with Crippen molar-refractivity contribution in [2.24, 2.45) is 0 Å². The molecule has 0 aliphatic rings. The Morgan fingerprint density at radius 1 is 1.05 bits per heavy atom. The predicted octanol–water partition coefficient (Wildman–Crippen LogP) is 5.54. The fraction of sp³-hybridized carbons (Fsp3) is 0.294. The van der Waals surface area contributed by atoms with Gasteiger partial charge in [0.2, 0.25) is 0 Å². The summed E-state index contributed by atoms with van der Waals surface area (Å²) in [5.41, 5.74) is 3.61. The van der Waals surface area contributed by atoms with Gasteiger partial charge < -0.3 is 5.32 Å². The standard InChI is InChI=1S/C17H19Cl2N/c1-3-16(13-9-7-12(2)8-10-13)20-11-14-5-4-6-15(18)17(14)19/h4-10,16,20H,3,11H2,1-2H3. The average Bonchev–Trinajstić information content (AvgIpc) is 2.45. The highest BCUT2D eigenvalue weighted by Gasteiger charge is 2.10. The average molecular weight is 308 g/mol. The lowest BCUT2D eigenvalue weighted by atomic mass is 10.0. The van der Waals surface area contributed by atoms with E-state index in [-0.39, 0.29) is 0 Å². The Kier molecular flexibility index (Phi) is 5.47. The quantitative estimate of drug-likeness (QED) is 0.764. The number of aryl methyl sites for hydroxylation is 1. The normalized spacial score (nSPS) is 12.4. The summed E-state index contributed by atoms with van der Waals surface area (Å²) in [4.78, 5) is 0. The zero-order chi connectivity index (χ0) is 14.5. The van der Waals surface area contributed by atoms with Crippen molar-refractivity contribution in [3.8, 4) is 0 Å². The number of hydrogen-bond donors (Lipinski definition) is 1. The van der Waals surface area contributed by atoms with E-state index in [1.807, 2.05) is 18.2 Å². The molecule has 0 radical (unpaired) electrons. The van der Waals surface area contributed by atoms with Crippen LogP contribution >= 0.6 is 23.2 Å². The lowest BCUT2D eigenvalue weighted by molar-refractivity contribution is 0.519. The SMILES string of the molecule is CCC(NCc1cccc(Cl)c1Cl)c1ccc(C)cc1. The van der Waals surface area contributed by atoms with Crippen molar-refractivity contribution in [1.29, 1.82) is 0 Å². The van der Waals surface area contributed by atoms with E-state index in [1.165, 1.54) is 11.1 Å². The number of halogens is 2. The highest BCUT2D eigenvalue weighted by Crippen LogP contribution is 2.26. The maximum absolute atomic E-state index is 6.21. The zero-order valence-electron chi connectivity index (χ0n) is 11.8. The summed E-state index contributed by atoms with van der Waals surface area (Å²) >= 11 is 12.3. The molecule has 0 bridgehead atoms. The van der Waals surface area contributed by atoms with E-state index >= 15 is 0 Å². The Bertz CT molecular complexity index is 564. The van der Waals surface area contributed by atoms with Gasteiger partial charge >= 0.3 is 0 Å². The topological polar surface area (TPSA) is 12.0 Å². The Morgan fingerprint density at radius 3 is 2.40 bits per heavy atom. The van der Waals surface area contributed by atoms with Crippen LogP contribution in [0, 0.1) is 6.92 Å². The Morgan fingerprint density at radius 2 is 1.75 bits per heavy atom. The summed E-state index contributed by atoms with van der Waals surface area (Å²) in [6.45, 7) is 4.99. The van der Waals surface area contributed by atoms with Gasteiger partial charge in [-0.1, -0.05) is 72.1 Å². The number of benzene rings is 2. The second-order valence-electron chi connectivity index (χ2n) is 4.97. The molecule has 1 nitrogen and oxygen atoms in total. The van der Waals surface area contributed by atoms with Gasteiger partial charge in [0, 0.05) is 12.6 Å². The van der Waals surface area contributed by atoms with Crippen molar-refractivity contribution in [2.75, 3.05) is 0 Å². The van der Waals surface area contributed by atoms with Gasteiger partial charge in [-0.25, -0.2) is 0 Å². The maximum atomic E-state index is 6.21. The fourth-order valence-corrected chi connectivity index (χ4v) is 2.60. The second kappa shape index (κ2) is 7.12. The van der Waals surface area contributed by atoms with Gasteiger partial charge in [-0.05, 0) is 30.5 Å². The first-order valence-electron chi connectivity index (χ1n) is 6.84. The molecule has 3 heteroatoms. The van der Waals surface area contributed by atoms with Crippen LogP contribution < -0.4 is 5.32 Å². The molecule has 2 rings (SSSR count). The second-order valence-corrected chi connectivity index (χ2v) is 5.75. The van der Waals surface area contributed by atoms with Crippen LogP contribution in [0.5, 0.6) is 0 Å². The zero-order valence-corrected chi connectivity index (χ0v) is 13.3. The first kappa shape index (κ1) is 15.4. The maximum Gasteiger partial charge on any atom is 0.0637 e. The molecule has 2 aromatic rings. The largest absolute Gasteiger partial charge is 0.306 e. The number of hydrogen-bond acceptors (Lipinski definition) is 1. The molecule has 0 aromatic heterocycles. The van der Waals surface area contributed by atoms with Crippen LogP contribution in [0.2, 0.25) is 10.0 Å². The summed E-state index contributed by atoms with van der Waals surface area (Å²) < 4.78 is 0. The van der Waals surface area contributed by atoms with Gasteiger partial charge in [0.15, 0.2) is 0 Å². The van der Waals surface area contributed by atoms with Gasteiger partial charge in [-0.2, -0.15) is 0 Å². The highest BCUT2D eigenvalue weighted by molar-refractivity contribution is 6.42. The Labute approximate surface area is 130 Å². The minimum Gasteiger partial charge on any atom is -0.306 e. The summed E-state index contributed by atoms with van der Waals surface area (Å²) in [6, 6.07) is 14.7. The van der Waals surface area contributed by atoms with E-state index in [4.69, 9.17) is 23.2 Å². The molecule has 1 atom stereocenters. The number of nitrogens with one attached hydrogen (secondary N) is 1. The van der Waals surface area contributed by atoms with Crippen molar-refractivity contribution >= 4 is 23.2 Å². The van der Waals surface area contributed by atoms with Gasteiger partial charge in [-0.3, -0.25) is 0 Å². The van der Waals surface area contributed by atoms with Crippen LogP contribution in [0.4, 0.5) is 0 Å². The van der Waals surface area contributed by atoms with Gasteiger partial charge in [0.1, 0.15) is 0 Å². The summed E-state index contributed by atoms with van der Waals surface area (Å²) in [5.74, 6) is 0. The third kappa shape index (κ3) is 3.76. The van der Waals surface area contributed by atoms with Crippen LogP contribution in [-0.2, 0) is 6.54 Å². The summed E-state index contributed by atoms with van der Waals surface area (Å²) in [7, 11) is 0. The van der Waals surface area contributed by atoms with Gasteiger partial charge in [0.25, 0.3) is 0 Å². The predicted molar refractivity (Wildman–Crippen MR) is 87.5 cm³/mol. The molecule has 0 fully saturated rings. The Hall–Kier alpha value is -1.02. The van der Waals surface area contributed by atoms with Crippen LogP contribution in [0.15, 0.2) is 42.5 Å². The van der Waals surface area contributed by atoms with E-state index in [0.717, 1.165) is 12.0 Å². The smallest absolute Gasteiger partial charge is 0.0637 e. The van der Waals surface area contributed by atoms with Crippen LogP contribution in [0.3, 0.4) is 0 Å². The highest BCUT2D eigenvalue weighted by atomic mass is 35.5. The van der Waals surface area contributed by atoms with E-state index in [2.05, 4.69) is 43.4 Å². The van der Waals surface area contributed by atoms with Crippen molar-refractivity contribution in [2.45, 2.75) is 32.9 Å². The molecule has 0 amide bonds. The molecule has 106 valence electrons. The summed E-state index contributed by atoms with van der Waals surface area (Å²) in [5, 5.41) is 4.79. The molecule has 1 N–H and O–H groups in total. The molecule has 0 aliphatic carbocycles. The van der Waals surface area contributed by atoms with E-state index < -0.39 is 0 Å².